The summed E-state index contributed by atoms with van der Waals surface area (Å²) in [7, 11) is 0. The standard InChI is InChI=1S/C38H26N2O2/c41-37-31-23-13-14-24-32(31)38(42)34-26-36(40(29-19-9-3-10-20-29)30-21-11-4-12-22-30)35(25-33(34)37)39(27-15-5-1-6-16-27)28-17-7-2-8-18-28/h1-26H. The van der Waals surface area contributed by atoms with Crippen molar-refractivity contribution >= 4 is 45.7 Å². The Morgan fingerprint density at radius 1 is 0.310 bits per heavy atom. The lowest BCUT2D eigenvalue weighted by Crippen LogP contribution is -2.24. The molecule has 4 heteroatoms. The van der Waals surface area contributed by atoms with Crippen LogP contribution in [-0.2, 0) is 0 Å². The summed E-state index contributed by atoms with van der Waals surface area (Å²) in [6, 6.07) is 51.2. The topological polar surface area (TPSA) is 40.6 Å². The van der Waals surface area contributed by atoms with Crippen LogP contribution in [0.25, 0.3) is 0 Å². The van der Waals surface area contributed by atoms with Gasteiger partial charge >= 0.3 is 0 Å². The van der Waals surface area contributed by atoms with Crippen LogP contribution in [-0.4, -0.2) is 11.6 Å². The molecule has 0 fully saturated rings. The van der Waals surface area contributed by atoms with E-state index >= 15 is 0 Å². The van der Waals surface area contributed by atoms with Gasteiger partial charge in [0, 0.05) is 45.0 Å². The lowest BCUT2D eigenvalue weighted by molar-refractivity contribution is 0.0979. The summed E-state index contributed by atoms with van der Waals surface area (Å²) in [6.07, 6.45) is 0. The predicted octanol–water partition coefficient (Wildman–Crippen LogP) is 9.40. The molecule has 7 rings (SSSR count). The molecule has 0 saturated carbocycles. The van der Waals surface area contributed by atoms with Crippen LogP contribution in [0.15, 0.2) is 158 Å². The monoisotopic (exact) mass is 542 g/mol. The van der Waals surface area contributed by atoms with Crippen LogP contribution in [0.1, 0.15) is 31.8 Å². The molecule has 1 aliphatic carbocycles. The van der Waals surface area contributed by atoms with E-state index in [0.717, 1.165) is 34.1 Å². The van der Waals surface area contributed by atoms with E-state index in [9.17, 15) is 9.59 Å². The van der Waals surface area contributed by atoms with Gasteiger partial charge in [-0.1, -0.05) is 97.1 Å². The number of carbonyl (C=O) groups is 2. The number of para-hydroxylation sites is 4. The Hall–Kier alpha value is -5.74. The highest BCUT2D eigenvalue weighted by Gasteiger charge is 2.33. The Kier molecular flexibility index (Phi) is 6.42. The SMILES string of the molecule is O=C1c2ccccc2C(=O)c2cc(N(c3ccccc3)c3ccccc3)c(N(c3ccccc3)c3ccccc3)cc21. The van der Waals surface area contributed by atoms with Crippen LogP contribution in [0.2, 0.25) is 0 Å². The lowest BCUT2D eigenvalue weighted by atomic mass is 9.83. The van der Waals surface area contributed by atoms with Gasteiger partial charge in [0.25, 0.3) is 0 Å². The van der Waals surface area contributed by atoms with Crippen molar-refractivity contribution in [2.45, 2.75) is 0 Å². The molecule has 0 heterocycles. The number of hydrogen-bond acceptors (Lipinski definition) is 4. The van der Waals surface area contributed by atoms with E-state index in [1.165, 1.54) is 0 Å². The quantitative estimate of drug-likeness (QED) is 0.210. The molecule has 0 radical (unpaired) electrons. The van der Waals surface area contributed by atoms with Gasteiger partial charge in [0.1, 0.15) is 0 Å². The number of fused-ring (bicyclic) bond motifs is 2. The highest BCUT2D eigenvalue weighted by Crippen LogP contribution is 2.47. The predicted molar refractivity (Wildman–Crippen MR) is 169 cm³/mol. The molecule has 0 N–H and O–H groups in total. The molecule has 6 aromatic carbocycles. The second-order valence-electron chi connectivity index (χ2n) is 10.1. The van der Waals surface area contributed by atoms with Crippen LogP contribution in [0, 0.1) is 0 Å². The maximum absolute atomic E-state index is 13.9. The van der Waals surface area contributed by atoms with Crippen molar-refractivity contribution in [2.75, 3.05) is 9.80 Å². The third-order valence-corrected chi connectivity index (χ3v) is 7.56. The highest BCUT2D eigenvalue weighted by molar-refractivity contribution is 6.29. The molecule has 0 amide bonds. The lowest BCUT2D eigenvalue weighted by Gasteiger charge is -2.34. The normalized spacial score (nSPS) is 11.9. The third-order valence-electron chi connectivity index (χ3n) is 7.56. The van der Waals surface area contributed by atoms with Gasteiger partial charge < -0.3 is 9.80 Å². The average Bonchev–Trinajstić information content (AvgIpc) is 3.06. The summed E-state index contributed by atoms with van der Waals surface area (Å²) in [4.78, 5) is 32.2. The molecule has 0 bridgehead atoms. The van der Waals surface area contributed by atoms with Crippen molar-refractivity contribution in [1.29, 1.82) is 0 Å². The van der Waals surface area contributed by atoms with Crippen LogP contribution in [0.5, 0.6) is 0 Å². The summed E-state index contributed by atoms with van der Waals surface area (Å²) in [5.41, 5.74) is 6.94. The van der Waals surface area contributed by atoms with E-state index in [1.807, 2.05) is 133 Å². The van der Waals surface area contributed by atoms with E-state index in [4.69, 9.17) is 0 Å². The fraction of sp³-hybridized carbons (Fsp3) is 0. The molecule has 200 valence electrons. The Morgan fingerprint density at radius 2 is 0.571 bits per heavy atom. The number of hydrogen-bond donors (Lipinski definition) is 0. The second-order valence-corrected chi connectivity index (χ2v) is 10.1. The van der Waals surface area contributed by atoms with E-state index in [1.54, 1.807) is 24.3 Å². The molecule has 0 unspecified atom stereocenters. The van der Waals surface area contributed by atoms with Gasteiger partial charge in [0.15, 0.2) is 11.6 Å². The van der Waals surface area contributed by atoms with Crippen LogP contribution in [0.3, 0.4) is 0 Å². The van der Waals surface area contributed by atoms with Crippen molar-refractivity contribution in [3.8, 4) is 0 Å². The largest absolute Gasteiger partial charge is 0.308 e. The Balaban J connectivity index is 1.57. The molecule has 4 nitrogen and oxygen atoms in total. The number of benzene rings is 6. The zero-order chi connectivity index (χ0) is 28.5. The molecule has 0 aliphatic heterocycles. The fourth-order valence-corrected chi connectivity index (χ4v) is 5.64. The summed E-state index contributed by atoms with van der Waals surface area (Å²) in [6.45, 7) is 0. The Morgan fingerprint density at radius 3 is 0.857 bits per heavy atom. The van der Waals surface area contributed by atoms with Crippen molar-refractivity contribution in [2.24, 2.45) is 0 Å². The van der Waals surface area contributed by atoms with E-state index in [0.29, 0.717) is 22.3 Å². The molecule has 42 heavy (non-hydrogen) atoms. The Bertz CT molecular complexity index is 1680. The maximum atomic E-state index is 13.9. The van der Waals surface area contributed by atoms with E-state index in [-0.39, 0.29) is 11.6 Å². The zero-order valence-corrected chi connectivity index (χ0v) is 22.7. The molecule has 0 saturated heterocycles. The third kappa shape index (κ3) is 4.36. The first kappa shape index (κ1) is 25.2. The molecular weight excluding hydrogens is 516 g/mol. The van der Waals surface area contributed by atoms with Gasteiger partial charge in [0.05, 0.1) is 11.4 Å². The number of carbonyl (C=O) groups excluding carboxylic acids is 2. The Labute approximate surface area is 244 Å². The number of anilines is 6. The van der Waals surface area contributed by atoms with Gasteiger partial charge in [-0.15, -0.1) is 0 Å². The minimum absolute atomic E-state index is 0.153. The molecule has 0 spiro atoms. The van der Waals surface area contributed by atoms with Crippen LogP contribution < -0.4 is 9.80 Å². The molecule has 0 aromatic heterocycles. The minimum atomic E-state index is -0.153. The van der Waals surface area contributed by atoms with Crippen LogP contribution >= 0.6 is 0 Å². The molecule has 6 aromatic rings. The summed E-state index contributed by atoms with van der Waals surface area (Å²) < 4.78 is 0. The van der Waals surface area contributed by atoms with Gasteiger partial charge in [0.2, 0.25) is 0 Å². The van der Waals surface area contributed by atoms with Crippen molar-refractivity contribution in [3.05, 3.63) is 180 Å². The van der Waals surface area contributed by atoms with Gasteiger partial charge in [-0.25, -0.2) is 0 Å². The number of nitrogens with zero attached hydrogens (tertiary/aromatic N) is 2. The van der Waals surface area contributed by atoms with E-state index in [2.05, 4.69) is 9.80 Å². The van der Waals surface area contributed by atoms with Crippen LogP contribution in [0.4, 0.5) is 34.1 Å². The van der Waals surface area contributed by atoms with Crippen molar-refractivity contribution < 1.29 is 9.59 Å². The second kappa shape index (κ2) is 10.7. The maximum Gasteiger partial charge on any atom is 0.194 e. The first-order chi connectivity index (χ1) is 20.7. The number of rotatable bonds is 6. The van der Waals surface area contributed by atoms with E-state index < -0.39 is 0 Å². The van der Waals surface area contributed by atoms with Gasteiger partial charge in [-0.2, -0.15) is 0 Å². The highest BCUT2D eigenvalue weighted by atomic mass is 16.1. The first-order valence-corrected chi connectivity index (χ1v) is 13.9. The van der Waals surface area contributed by atoms with Crippen molar-refractivity contribution in [1.82, 2.24) is 0 Å². The molecular formula is C38H26N2O2. The zero-order valence-electron chi connectivity index (χ0n) is 22.7. The summed E-state index contributed by atoms with van der Waals surface area (Å²) in [5, 5.41) is 0. The molecule has 0 atom stereocenters. The smallest absolute Gasteiger partial charge is 0.194 e. The number of ketones is 2. The summed E-state index contributed by atoms with van der Waals surface area (Å²) in [5.74, 6) is -0.305. The fourth-order valence-electron chi connectivity index (χ4n) is 5.64. The minimum Gasteiger partial charge on any atom is -0.308 e. The first-order valence-electron chi connectivity index (χ1n) is 13.9. The van der Waals surface area contributed by atoms with Gasteiger partial charge in [-0.05, 0) is 60.7 Å². The van der Waals surface area contributed by atoms with Gasteiger partial charge in [-0.3, -0.25) is 9.59 Å². The average molecular weight is 543 g/mol. The molecule has 1 aliphatic rings. The summed E-state index contributed by atoms with van der Waals surface area (Å²) >= 11 is 0. The van der Waals surface area contributed by atoms with Crippen molar-refractivity contribution in [3.63, 3.8) is 0 Å².